The Kier molecular flexibility index (Phi) is 2.75. The summed E-state index contributed by atoms with van der Waals surface area (Å²) < 4.78 is 4.40. The lowest BCUT2D eigenvalue weighted by Crippen LogP contribution is -1.78. The Morgan fingerprint density at radius 3 is 3.00 bits per heavy atom. The van der Waals surface area contributed by atoms with E-state index in [0.717, 1.165) is 11.4 Å². The van der Waals surface area contributed by atoms with Crippen molar-refractivity contribution in [1.29, 1.82) is 0 Å². The van der Waals surface area contributed by atoms with Crippen LogP contribution in [-0.2, 0) is 5.75 Å². The van der Waals surface area contributed by atoms with Gasteiger partial charge in [0.05, 0.1) is 0 Å². The van der Waals surface area contributed by atoms with Crippen molar-refractivity contribution >= 4 is 34.9 Å². The molecule has 0 saturated carbocycles. The van der Waals surface area contributed by atoms with Crippen molar-refractivity contribution in [2.75, 3.05) is 6.26 Å². The van der Waals surface area contributed by atoms with Crippen LogP contribution in [-0.4, -0.2) is 15.8 Å². The first kappa shape index (κ1) is 7.31. The fraction of sp³-hybridized carbons (Fsp3) is 0.500. The number of rotatable bonds is 2. The summed E-state index contributed by atoms with van der Waals surface area (Å²) in [5, 5.41) is 3.82. The molecule has 0 atom stereocenters. The van der Waals surface area contributed by atoms with Gasteiger partial charge in [-0.25, -0.2) is 0 Å². The van der Waals surface area contributed by atoms with E-state index < -0.39 is 0 Å². The highest BCUT2D eigenvalue weighted by atomic mass is 35.5. The molecule has 0 unspecified atom stereocenters. The van der Waals surface area contributed by atoms with E-state index in [9.17, 15) is 0 Å². The molecule has 2 nitrogen and oxygen atoms in total. The third kappa shape index (κ3) is 1.81. The Bertz CT molecular complexity index is 188. The van der Waals surface area contributed by atoms with Crippen LogP contribution in [0, 0.1) is 0 Å². The number of nitrogens with zero attached hydrogens (tertiary/aromatic N) is 2. The van der Waals surface area contributed by atoms with Crippen molar-refractivity contribution < 1.29 is 0 Å². The Hall–Kier alpha value is 0.200. The van der Waals surface area contributed by atoms with Crippen LogP contribution < -0.4 is 0 Å². The van der Waals surface area contributed by atoms with Gasteiger partial charge in [-0.15, -0.1) is 5.10 Å². The molecule has 0 aliphatic heterocycles. The smallest absolute Gasteiger partial charge is 0.138 e. The molecular weight excluding hydrogens is 176 g/mol. The lowest BCUT2D eigenvalue weighted by Gasteiger charge is -1.86. The van der Waals surface area contributed by atoms with Gasteiger partial charge >= 0.3 is 0 Å². The fourth-order valence-electron chi connectivity index (χ4n) is 0.420. The van der Waals surface area contributed by atoms with E-state index in [4.69, 9.17) is 11.6 Å². The molecule has 0 bridgehead atoms. The van der Waals surface area contributed by atoms with E-state index in [2.05, 4.69) is 9.59 Å². The largest absolute Gasteiger partial charge is 0.159 e. The Morgan fingerprint density at radius 2 is 2.56 bits per heavy atom. The molecule has 0 saturated heterocycles. The summed E-state index contributed by atoms with van der Waals surface area (Å²) in [5.74, 6) is 0.856. The predicted molar refractivity (Wildman–Crippen MR) is 42.1 cm³/mol. The fourth-order valence-corrected chi connectivity index (χ4v) is 1.69. The second kappa shape index (κ2) is 3.39. The summed E-state index contributed by atoms with van der Waals surface area (Å²) in [7, 11) is 0. The lowest BCUT2D eigenvalue weighted by molar-refractivity contribution is 1.08. The summed E-state index contributed by atoms with van der Waals surface area (Å²) in [6.45, 7) is 0. The molecule has 0 spiro atoms. The van der Waals surface area contributed by atoms with Crippen molar-refractivity contribution in [2.24, 2.45) is 0 Å². The molecule has 9 heavy (non-hydrogen) atoms. The van der Waals surface area contributed by atoms with Gasteiger partial charge in [-0.1, -0.05) is 16.1 Å². The van der Waals surface area contributed by atoms with Gasteiger partial charge in [0.1, 0.15) is 10.0 Å². The molecular formula is C4H5ClN2S2. The van der Waals surface area contributed by atoms with E-state index in [-0.39, 0.29) is 0 Å². The maximum atomic E-state index is 5.70. The summed E-state index contributed by atoms with van der Waals surface area (Å²) >= 11 is 8.63. The normalized spacial score (nSPS) is 10.0. The van der Waals surface area contributed by atoms with Crippen LogP contribution >= 0.6 is 34.9 Å². The quantitative estimate of drug-likeness (QED) is 0.697. The SMILES string of the molecule is CSCc1nnsc1Cl. The minimum absolute atomic E-state index is 0.712. The molecule has 5 heteroatoms. The predicted octanol–water partition coefficient (Wildman–Crippen LogP) is 2.05. The Balaban J connectivity index is 2.69. The molecule has 0 N–H and O–H groups in total. The third-order valence-corrected chi connectivity index (χ3v) is 2.34. The molecule has 0 aromatic carbocycles. The zero-order chi connectivity index (χ0) is 6.69. The van der Waals surface area contributed by atoms with Crippen molar-refractivity contribution in [1.82, 2.24) is 9.59 Å². The van der Waals surface area contributed by atoms with E-state index >= 15 is 0 Å². The summed E-state index contributed by atoms with van der Waals surface area (Å²) in [6, 6.07) is 0. The monoisotopic (exact) mass is 180 g/mol. The van der Waals surface area contributed by atoms with Gasteiger partial charge in [-0.2, -0.15) is 11.8 Å². The summed E-state index contributed by atoms with van der Waals surface area (Å²) in [5.41, 5.74) is 0.897. The molecule has 0 aliphatic carbocycles. The second-order valence-electron chi connectivity index (χ2n) is 1.43. The van der Waals surface area contributed by atoms with Crippen molar-refractivity contribution in [2.45, 2.75) is 5.75 Å². The number of aromatic nitrogens is 2. The second-order valence-corrected chi connectivity index (χ2v) is 3.65. The van der Waals surface area contributed by atoms with Crippen LogP contribution in [0.25, 0.3) is 0 Å². The summed E-state index contributed by atoms with van der Waals surface area (Å²) in [6.07, 6.45) is 2.01. The van der Waals surface area contributed by atoms with Crippen molar-refractivity contribution in [3.8, 4) is 0 Å². The molecule has 0 amide bonds. The maximum Gasteiger partial charge on any atom is 0.138 e. The van der Waals surface area contributed by atoms with Gasteiger partial charge in [-0.3, -0.25) is 0 Å². The van der Waals surface area contributed by atoms with Gasteiger partial charge in [-0.05, 0) is 6.26 Å². The minimum atomic E-state index is 0.712. The zero-order valence-electron chi connectivity index (χ0n) is 4.80. The van der Waals surface area contributed by atoms with Gasteiger partial charge in [0, 0.05) is 17.3 Å². The van der Waals surface area contributed by atoms with Crippen LogP contribution in [0.15, 0.2) is 0 Å². The number of halogens is 1. The average molecular weight is 181 g/mol. The Morgan fingerprint density at radius 1 is 1.78 bits per heavy atom. The van der Waals surface area contributed by atoms with E-state index in [1.54, 1.807) is 11.8 Å². The van der Waals surface area contributed by atoms with Crippen molar-refractivity contribution in [3.63, 3.8) is 0 Å². The van der Waals surface area contributed by atoms with E-state index in [1.807, 2.05) is 6.26 Å². The first-order chi connectivity index (χ1) is 4.34. The zero-order valence-corrected chi connectivity index (χ0v) is 7.18. The first-order valence-electron chi connectivity index (χ1n) is 2.30. The molecule has 1 aromatic heterocycles. The number of thioether (sulfide) groups is 1. The van der Waals surface area contributed by atoms with Gasteiger partial charge in [0.25, 0.3) is 0 Å². The van der Waals surface area contributed by atoms with Crippen LogP contribution in [0.5, 0.6) is 0 Å². The van der Waals surface area contributed by atoms with Crippen molar-refractivity contribution in [3.05, 3.63) is 10.0 Å². The molecule has 0 aliphatic rings. The summed E-state index contributed by atoms with van der Waals surface area (Å²) in [4.78, 5) is 0. The molecule has 50 valence electrons. The van der Waals surface area contributed by atoms with Gasteiger partial charge < -0.3 is 0 Å². The third-order valence-electron chi connectivity index (χ3n) is 0.790. The van der Waals surface area contributed by atoms with Crippen LogP contribution in [0.2, 0.25) is 4.34 Å². The molecule has 0 fully saturated rings. The average Bonchev–Trinajstić information content (AvgIpc) is 2.18. The Labute approximate surface area is 66.8 Å². The topological polar surface area (TPSA) is 25.8 Å². The number of hydrogen-bond acceptors (Lipinski definition) is 4. The van der Waals surface area contributed by atoms with Crippen LogP contribution in [0.1, 0.15) is 5.69 Å². The van der Waals surface area contributed by atoms with Crippen LogP contribution in [0.4, 0.5) is 0 Å². The van der Waals surface area contributed by atoms with E-state index in [0.29, 0.717) is 4.34 Å². The highest BCUT2D eigenvalue weighted by molar-refractivity contribution is 7.97. The standard InChI is InChI=1S/C4H5ClN2S2/c1-8-2-3-4(5)9-7-6-3/h2H2,1H3. The van der Waals surface area contributed by atoms with Crippen LogP contribution in [0.3, 0.4) is 0 Å². The number of hydrogen-bond donors (Lipinski definition) is 0. The van der Waals surface area contributed by atoms with E-state index in [1.165, 1.54) is 11.5 Å². The molecule has 1 rings (SSSR count). The highest BCUT2D eigenvalue weighted by Crippen LogP contribution is 2.20. The first-order valence-corrected chi connectivity index (χ1v) is 4.84. The molecule has 1 aromatic rings. The molecule has 1 heterocycles. The van der Waals surface area contributed by atoms with Gasteiger partial charge in [0.2, 0.25) is 0 Å². The minimum Gasteiger partial charge on any atom is -0.159 e. The molecule has 0 radical (unpaired) electrons. The highest BCUT2D eigenvalue weighted by Gasteiger charge is 2.01. The lowest BCUT2D eigenvalue weighted by atomic mass is 10.6. The maximum absolute atomic E-state index is 5.70. The van der Waals surface area contributed by atoms with Gasteiger partial charge in [0.15, 0.2) is 0 Å².